The molecule has 0 spiro atoms. The summed E-state index contributed by atoms with van der Waals surface area (Å²) in [6.45, 7) is 0. The number of rotatable bonds is 5. The van der Waals surface area contributed by atoms with Gasteiger partial charge < -0.3 is 4.42 Å². The smallest absolute Gasteiger partial charge is 0.272 e. The number of hydrogen-bond donors (Lipinski definition) is 1. The molecule has 5 aromatic rings. The van der Waals surface area contributed by atoms with Gasteiger partial charge in [0.2, 0.25) is 0 Å². The van der Waals surface area contributed by atoms with E-state index in [9.17, 15) is 10.1 Å². The van der Waals surface area contributed by atoms with Crippen molar-refractivity contribution in [2.45, 2.75) is 11.0 Å². The summed E-state index contributed by atoms with van der Waals surface area (Å²) < 4.78 is 7.36. The molecule has 31 heavy (non-hydrogen) atoms. The van der Waals surface area contributed by atoms with Crippen molar-refractivity contribution in [2.75, 3.05) is 0 Å². The molecular weight excluding hydrogens is 410 g/mol. The van der Waals surface area contributed by atoms with E-state index in [0.29, 0.717) is 33.6 Å². The zero-order valence-corrected chi connectivity index (χ0v) is 17.0. The van der Waals surface area contributed by atoms with Gasteiger partial charge in [-0.3, -0.25) is 9.89 Å². The van der Waals surface area contributed by atoms with Gasteiger partial charge in [0.05, 0.1) is 5.69 Å². The number of oxazole rings is 1. The normalized spacial score (nSPS) is 10.9. The lowest BCUT2D eigenvalue weighted by atomic mass is 10.1. The van der Waals surface area contributed by atoms with Gasteiger partial charge in [-0.05, 0) is 0 Å². The van der Waals surface area contributed by atoms with E-state index < -0.39 is 0 Å². The van der Waals surface area contributed by atoms with Crippen molar-refractivity contribution in [1.82, 2.24) is 19.6 Å². The molecule has 150 valence electrons. The highest BCUT2D eigenvalue weighted by Crippen LogP contribution is 2.36. The predicted octanol–water partition coefficient (Wildman–Crippen LogP) is 4.51. The molecule has 0 bridgehead atoms. The number of aromatic amines is 1. The fourth-order valence-electron chi connectivity index (χ4n) is 3.26. The number of benzene rings is 2. The number of hydrogen-bond acceptors (Lipinski definition) is 6. The molecule has 5 rings (SSSR count). The van der Waals surface area contributed by atoms with Gasteiger partial charge >= 0.3 is 0 Å². The SMILES string of the molecule is N#Cc1c[nH]n2c(=O)cc(CSc3nc(-c4ccccc4)c(-c4ccccc4)o3)nc12. The van der Waals surface area contributed by atoms with E-state index in [0.717, 1.165) is 16.8 Å². The topological polar surface area (TPSA) is 100.0 Å². The molecule has 0 unspecified atom stereocenters. The number of nitrogens with one attached hydrogen (secondary N) is 1. The minimum Gasteiger partial charge on any atom is -0.431 e. The van der Waals surface area contributed by atoms with Crippen LogP contribution >= 0.6 is 11.8 Å². The third-order valence-electron chi connectivity index (χ3n) is 4.71. The Morgan fingerprint density at radius 3 is 2.45 bits per heavy atom. The summed E-state index contributed by atoms with van der Waals surface area (Å²) in [7, 11) is 0. The first-order valence-corrected chi connectivity index (χ1v) is 10.5. The van der Waals surface area contributed by atoms with Gasteiger partial charge in [-0.2, -0.15) is 5.26 Å². The van der Waals surface area contributed by atoms with Crippen LogP contribution < -0.4 is 5.56 Å². The molecule has 0 saturated heterocycles. The van der Waals surface area contributed by atoms with E-state index in [-0.39, 0.29) is 5.56 Å². The van der Waals surface area contributed by atoms with Crippen LogP contribution in [0.5, 0.6) is 0 Å². The van der Waals surface area contributed by atoms with Gasteiger partial charge in [0.1, 0.15) is 17.3 Å². The second-order valence-electron chi connectivity index (χ2n) is 6.72. The second-order valence-corrected chi connectivity index (χ2v) is 7.65. The first kappa shape index (κ1) is 18.9. The first-order chi connectivity index (χ1) is 15.2. The summed E-state index contributed by atoms with van der Waals surface area (Å²) in [6.07, 6.45) is 1.47. The molecule has 7 nitrogen and oxygen atoms in total. The molecule has 2 aromatic carbocycles. The van der Waals surface area contributed by atoms with Gasteiger partial charge in [0, 0.05) is 29.1 Å². The third-order valence-corrected chi connectivity index (χ3v) is 5.57. The molecule has 0 radical (unpaired) electrons. The summed E-state index contributed by atoms with van der Waals surface area (Å²) in [6, 6.07) is 23.2. The summed E-state index contributed by atoms with van der Waals surface area (Å²) in [4.78, 5) is 21.5. The number of nitriles is 1. The fraction of sp³-hybridized carbons (Fsp3) is 0.0435. The Labute approximate surface area is 181 Å². The lowest BCUT2D eigenvalue weighted by Gasteiger charge is -2.00. The van der Waals surface area contributed by atoms with Gasteiger partial charge in [-0.25, -0.2) is 14.5 Å². The minimum atomic E-state index is -0.274. The zero-order valence-electron chi connectivity index (χ0n) is 16.1. The Morgan fingerprint density at radius 1 is 1.03 bits per heavy atom. The molecule has 3 aromatic heterocycles. The van der Waals surface area contributed by atoms with Crippen LogP contribution in [0.2, 0.25) is 0 Å². The highest BCUT2D eigenvalue weighted by atomic mass is 32.2. The summed E-state index contributed by atoms with van der Waals surface area (Å²) in [5.74, 6) is 1.07. The van der Waals surface area contributed by atoms with Crippen LogP contribution in [0, 0.1) is 11.3 Å². The van der Waals surface area contributed by atoms with E-state index in [4.69, 9.17) is 9.40 Å². The van der Waals surface area contributed by atoms with Crippen molar-refractivity contribution in [3.8, 4) is 28.7 Å². The monoisotopic (exact) mass is 425 g/mol. The molecular formula is C23H15N5O2S. The largest absolute Gasteiger partial charge is 0.431 e. The number of fused-ring (bicyclic) bond motifs is 1. The molecule has 0 atom stereocenters. The Hall–Kier alpha value is -4.09. The molecule has 3 heterocycles. The molecule has 8 heteroatoms. The first-order valence-electron chi connectivity index (χ1n) is 9.47. The van der Waals surface area contributed by atoms with Crippen LogP contribution in [0.4, 0.5) is 0 Å². The lowest BCUT2D eigenvalue weighted by Crippen LogP contribution is -2.15. The maximum absolute atomic E-state index is 12.3. The summed E-state index contributed by atoms with van der Waals surface area (Å²) in [5.41, 5.74) is 3.56. The summed E-state index contributed by atoms with van der Waals surface area (Å²) >= 11 is 1.35. The van der Waals surface area contributed by atoms with Crippen molar-refractivity contribution < 1.29 is 4.42 Å². The minimum absolute atomic E-state index is 0.274. The Bertz CT molecular complexity index is 1410. The molecule has 0 aliphatic carbocycles. The maximum atomic E-state index is 12.3. The predicted molar refractivity (Wildman–Crippen MR) is 117 cm³/mol. The fourth-order valence-corrected chi connectivity index (χ4v) is 3.98. The van der Waals surface area contributed by atoms with Crippen LogP contribution in [0.3, 0.4) is 0 Å². The molecule has 0 aliphatic rings. The zero-order chi connectivity index (χ0) is 21.2. The molecule has 0 aliphatic heterocycles. The Balaban J connectivity index is 1.49. The van der Waals surface area contributed by atoms with Crippen molar-refractivity contribution in [1.29, 1.82) is 5.26 Å². The van der Waals surface area contributed by atoms with Crippen LogP contribution in [0.15, 0.2) is 87.4 Å². The lowest BCUT2D eigenvalue weighted by molar-refractivity contribution is 0.466. The number of H-pyrrole nitrogens is 1. The van der Waals surface area contributed by atoms with Crippen molar-refractivity contribution in [2.24, 2.45) is 0 Å². The van der Waals surface area contributed by atoms with Crippen molar-refractivity contribution in [3.63, 3.8) is 0 Å². The Kier molecular flexibility index (Phi) is 4.86. The van der Waals surface area contributed by atoms with E-state index in [2.05, 4.69) is 10.1 Å². The maximum Gasteiger partial charge on any atom is 0.272 e. The third kappa shape index (κ3) is 3.63. The van der Waals surface area contributed by atoms with E-state index in [1.165, 1.54) is 28.5 Å². The van der Waals surface area contributed by atoms with Crippen molar-refractivity contribution >= 4 is 17.4 Å². The van der Waals surface area contributed by atoms with E-state index >= 15 is 0 Å². The highest BCUT2D eigenvalue weighted by Gasteiger charge is 2.18. The molecule has 0 fully saturated rings. The standard InChI is InChI=1S/C23H15N5O2S/c24-12-17-13-25-28-19(29)11-18(26-22(17)28)14-31-23-27-20(15-7-3-1-4-8-15)21(30-23)16-9-5-2-6-10-16/h1-11,13,25H,14H2. The van der Waals surface area contributed by atoms with E-state index in [1.54, 1.807) is 0 Å². The van der Waals surface area contributed by atoms with Crippen molar-refractivity contribution in [3.05, 3.63) is 94.5 Å². The Morgan fingerprint density at radius 2 is 1.74 bits per heavy atom. The average molecular weight is 425 g/mol. The number of aromatic nitrogens is 4. The van der Waals surface area contributed by atoms with Gasteiger partial charge in [0.15, 0.2) is 11.4 Å². The number of nitrogens with zero attached hydrogens (tertiary/aromatic N) is 4. The molecule has 0 saturated carbocycles. The highest BCUT2D eigenvalue weighted by molar-refractivity contribution is 7.98. The van der Waals surface area contributed by atoms with Gasteiger partial charge in [0.25, 0.3) is 10.8 Å². The van der Waals surface area contributed by atoms with Gasteiger partial charge in [-0.1, -0.05) is 72.4 Å². The van der Waals surface area contributed by atoms with Crippen LogP contribution in [0.25, 0.3) is 28.2 Å². The quantitative estimate of drug-likeness (QED) is 0.416. The molecule has 0 amide bonds. The average Bonchev–Trinajstić information content (AvgIpc) is 3.43. The summed E-state index contributed by atoms with van der Waals surface area (Å²) in [5, 5.41) is 12.4. The van der Waals surface area contributed by atoms with Gasteiger partial charge in [-0.15, -0.1) is 0 Å². The van der Waals surface area contributed by atoms with Crippen LogP contribution in [0.1, 0.15) is 11.3 Å². The van der Waals surface area contributed by atoms with E-state index in [1.807, 2.05) is 66.7 Å². The number of thioether (sulfide) groups is 1. The van der Waals surface area contributed by atoms with Crippen LogP contribution in [-0.2, 0) is 5.75 Å². The van der Waals surface area contributed by atoms with Crippen LogP contribution in [-0.4, -0.2) is 19.6 Å². The second kappa shape index (κ2) is 7.97. The molecule has 1 N–H and O–H groups in total.